The lowest BCUT2D eigenvalue weighted by atomic mass is 10.1. The van der Waals surface area contributed by atoms with E-state index in [1.807, 2.05) is 6.92 Å². The SMILES string of the molecule is CCOCCCN(CCC(=O)OCC)C(=O)Cc1ccc(F)cc1. The molecule has 0 saturated heterocycles. The lowest BCUT2D eigenvalue weighted by Crippen LogP contribution is -2.35. The van der Waals surface area contributed by atoms with Crippen LogP contribution < -0.4 is 0 Å². The first-order valence-corrected chi connectivity index (χ1v) is 8.32. The van der Waals surface area contributed by atoms with E-state index in [1.54, 1.807) is 24.0 Å². The normalized spacial score (nSPS) is 10.5. The van der Waals surface area contributed by atoms with E-state index in [-0.39, 0.29) is 30.5 Å². The Bertz CT molecular complexity index is 504. The van der Waals surface area contributed by atoms with Crippen LogP contribution in [-0.4, -0.2) is 49.7 Å². The Hall–Kier alpha value is -1.95. The van der Waals surface area contributed by atoms with Crippen molar-refractivity contribution in [1.82, 2.24) is 4.90 Å². The van der Waals surface area contributed by atoms with Gasteiger partial charge in [0.15, 0.2) is 0 Å². The lowest BCUT2D eigenvalue weighted by molar-refractivity contribution is -0.144. The molecular formula is C18H26FNO4. The van der Waals surface area contributed by atoms with Crippen molar-refractivity contribution >= 4 is 11.9 Å². The number of ether oxygens (including phenoxy) is 2. The molecular weight excluding hydrogens is 313 g/mol. The summed E-state index contributed by atoms with van der Waals surface area (Å²) >= 11 is 0. The molecule has 5 nitrogen and oxygen atoms in total. The molecule has 0 saturated carbocycles. The first-order valence-electron chi connectivity index (χ1n) is 8.32. The van der Waals surface area contributed by atoms with Gasteiger partial charge < -0.3 is 14.4 Å². The van der Waals surface area contributed by atoms with Crippen molar-refractivity contribution in [2.24, 2.45) is 0 Å². The molecule has 0 aliphatic carbocycles. The highest BCUT2D eigenvalue weighted by Crippen LogP contribution is 2.07. The number of esters is 1. The van der Waals surface area contributed by atoms with E-state index in [0.29, 0.717) is 39.3 Å². The average molecular weight is 339 g/mol. The van der Waals surface area contributed by atoms with Crippen molar-refractivity contribution in [2.45, 2.75) is 33.1 Å². The van der Waals surface area contributed by atoms with Gasteiger partial charge in [0.05, 0.1) is 19.4 Å². The summed E-state index contributed by atoms with van der Waals surface area (Å²) in [5, 5.41) is 0. The third kappa shape index (κ3) is 8.06. The van der Waals surface area contributed by atoms with E-state index >= 15 is 0 Å². The van der Waals surface area contributed by atoms with Gasteiger partial charge in [0.2, 0.25) is 5.91 Å². The Morgan fingerprint density at radius 3 is 2.42 bits per heavy atom. The van der Waals surface area contributed by atoms with Gasteiger partial charge in [0.1, 0.15) is 5.82 Å². The smallest absolute Gasteiger partial charge is 0.307 e. The zero-order valence-corrected chi connectivity index (χ0v) is 14.4. The van der Waals surface area contributed by atoms with Crippen molar-refractivity contribution in [3.05, 3.63) is 35.6 Å². The van der Waals surface area contributed by atoms with Gasteiger partial charge in [0, 0.05) is 26.3 Å². The number of hydrogen-bond acceptors (Lipinski definition) is 4. The minimum atomic E-state index is -0.331. The largest absolute Gasteiger partial charge is 0.466 e. The molecule has 1 aromatic carbocycles. The van der Waals surface area contributed by atoms with E-state index in [1.165, 1.54) is 12.1 Å². The van der Waals surface area contributed by atoms with Crippen LogP contribution in [0.25, 0.3) is 0 Å². The maximum atomic E-state index is 12.9. The zero-order valence-electron chi connectivity index (χ0n) is 14.4. The van der Waals surface area contributed by atoms with Crippen molar-refractivity contribution < 1.29 is 23.5 Å². The topological polar surface area (TPSA) is 55.8 Å². The minimum Gasteiger partial charge on any atom is -0.466 e. The number of nitrogens with zero attached hydrogens (tertiary/aromatic N) is 1. The number of benzene rings is 1. The monoisotopic (exact) mass is 339 g/mol. The standard InChI is InChI=1S/C18H26FNO4/c1-3-23-13-5-11-20(12-10-18(22)24-4-2)17(21)14-15-6-8-16(19)9-7-15/h6-9H,3-5,10-14H2,1-2H3. The van der Waals surface area contributed by atoms with Crippen molar-refractivity contribution in [3.63, 3.8) is 0 Å². The van der Waals surface area contributed by atoms with Crippen LogP contribution in [0.3, 0.4) is 0 Å². The van der Waals surface area contributed by atoms with Gasteiger partial charge in [0.25, 0.3) is 0 Å². The van der Waals surface area contributed by atoms with E-state index < -0.39 is 0 Å². The van der Waals surface area contributed by atoms with Crippen LogP contribution in [0.2, 0.25) is 0 Å². The minimum absolute atomic E-state index is 0.0950. The number of carbonyl (C=O) groups excluding carboxylic acids is 2. The van der Waals surface area contributed by atoms with E-state index in [0.717, 1.165) is 5.56 Å². The lowest BCUT2D eigenvalue weighted by Gasteiger charge is -2.22. The predicted molar refractivity (Wildman–Crippen MR) is 89.0 cm³/mol. The second-order valence-electron chi connectivity index (χ2n) is 5.29. The number of halogens is 1. The molecule has 0 aliphatic rings. The third-order valence-corrected chi connectivity index (χ3v) is 3.43. The Kier molecular flexibility index (Phi) is 9.68. The quantitative estimate of drug-likeness (QED) is 0.459. The van der Waals surface area contributed by atoms with Crippen LogP contribution in [0.1, 0.15) is 32.3 Å². The predicted octanol–water partition coefficient (Wildman–Crippen LogP) is 2.58. The maximum Gasteiger partial charge on any atom is 0.307 e. The number of carbonyl (C=O) groups is 2. The second kappa shape index (κ2) is 11.6. The summed E-state index contributed by atoms with van der Waals surface area (Å²) in [4.78, 5) is 25.6. The number of hydrogen-bond donors (Lipinski definition) is 0. The molecule has 6 heteroatoms. The average Bonchev–Trinajstić information content (AvgIpc) is 2.56. The van der Waals surface area contributed by atoms with Gasteiger partial charge in [-0.25, -0.2) is 4.39 Å². The van der Waals surface area contributed by atoms with Crippen molar-refractivity contribution in [3.8, 4) is 0 Å². The zero-order chi connectivity index (χ0) is 17.8. The fraction of sp³-hybridized carbons (Fsp3) is 0.556. The summed E-state index contributed by atoms with van der Waals surface area (Å²) in [5.41, 5.74) is 0.743. The maximum absolute atomic E-state index is 12.9. The summed E-state index contributed by atoms with van der Waals surface area (Å²) < 4.78 is 23.1. The van der Waals surface area contributed by atoms with Gasteiger partial charge in [-0.1, -0.05) is 12.1 Å². The first-order chi connectivity index (χ1) is 11.6. The van der Waals surface area contributed by atoms with E-state index in [9.17, 15) is 14.0 Å². The summed E-state index contributed by atoms with van der Waals surface area (Å²) in [7, 11) is 0. The molecule has 0 spiro atoms. The highest BCUT2D eigenvalue weighted by molar-refractivity contribution is 5.79. The highest BCUT2D eigenvalue weighted by Gasteiger charge is 2.16. The van der Waals surface area contributed by atoms with Gasteiger partial charge in [-0.15, -0.1) is 0 Å². The molecule has 0 bridgehead atoms. The summed E-state index contributed by atoms with van der Waals surface area (Å²) in [6, 6.07) is 5.86. The molecule has 1 amide bonds. The van der Waals surface area contributed by atoms with Crippen LogP contribution in [0, 0.1) is 5.82 Å². The molecule has 0 N–H and O–H groups in total. The fourth-order valence-electron chi connectivity index (χ4n) is 2.21. The molecule has 0 aromatic heterocycles. The fourth-order valence-corrected chi connectivity index (χ4v) is 2.21. The van der Waals surface area contributed by atoms with Crippen LogP contribution in [0.4, 0.5) is 4.39 Å². The molecule has 0 atom stereocenters. The van der Waals surface area contributed by atoms with Gasteiger partial charge in [-0.05, 0) is 38.0 Å². The number of rotatable bonds is 11. The summed E-state index contributed by atoms with van der Waals surface area (Å²) in [5.74, 6) is -0.744. The molecule has 134 valence electrons. The molecule has 1 aromatic rings. The summed E-state index contributed by atoms with van der Waals surface area (Å²) in [6.45, 7) is 6.01. The van der Waals surface area contributed by atoms with Crippen LogP contribution in [0.5, 0.6) is 0 Å². The Labute approximate surface area is 142 Å². The number of amides is 1. The Balaban J connectivity index is 2.58. The molecule has 0 unspecified atom stereocenters. The van der Waals surface area contributed by atoms with Crippen LogP contribution in [-0.2, 0) is 25.5 Å². The molecule has 0 radical (unpaired) electrons. The van der Waals surface area contributed by atoms with Gasteiger partial charge in [-0.2, -0.15) is 0 Å². The first kappa shape index (κ1) is 20.1. The Morgan fingerprint density at radius 1 is 1.08 bits per heavy atom. The van der Waals surface area contributed by atoms with Crippen molar-refractivity contribution in [2.75, 3.05) is 32.9 Å². The molecule has 0 fully saturated rings. The van der Waals surface area contributed by atoms with Crippen LogP contribution in [0.15, 0.2) is 24.3 Å². The highest BCUT2D eigenvalue weighted by atomic mass is 19.1. The molecule has 0 aliphatic heterocycles. The third-order valence-electron chi connectivity index (χ3n) is 3.43. The van der Waals surface area contributed by atoms with Crippen LogP contribution >= 0.6 is 0 Å². The molecule has 1 rings (SSSR count). The Morgan fingerprint density at radius 2 is 1.79 bits per heavy atom. The van der Waals surface area contributed by atoms with Crippen molar-refractivity contribution in [1.29, 1.82) is 0 Å². The van der Waals surface area contributed by atoms with E-state index in [2.05, 4.69) is 0 Å². The van der Waals surface area contributed by atoms with E-state index in [4.69, 9.17) is 9.47 Å². The molecule has 0 heterocycles. The summed E-state index contributed by atoms with van der Waals surface area (Å²) in [6.07, 6.45) is 1.04. The van der Waals surface area contributed by atoms with Gasteiger partial charge >= 0.3 is 5.97 Å². The second-order valence-corrected chi connectivity index (χ2v) is 5.29. The van der Waals surface area contributed by atoms with Gasteiger partial charge in [-0.3, -0.25) is 9.59 Å². The molecule has 24 heavy (non-hydrogen) atoms.